The molecule has 0 spiro atoms. The average molecular weight is 390 g/mol. The molecule has 0 radical (unpaired) electrons. The molecule has 4 nitrogen and oxygen atoms in total. The second-order valence-electron chi connectivity index (χ2n) is 8.07. The molecule has 1 fully saturated rings. The lowest BCUT2D eigenvalue weighted by Crippen LogP contribution is -2.40. The normalized spacial score (nSPS) is 15.8. The summed E-state index contributed by atoms with van der Waals surface area (Å²) in [5.74, 6) is 2.04. The van der Waals surface area contributed by atoms with Gasteiger partial charge in [-0.2, -0.15) is 4.98 Å². The lowest BCUT2D eigenvalue weighted by atomic mass is 9.94. The summed E-state index contributed by atoms with van der Waals surface area (Å²) in [7, 11) is 0. The van der Waals surface area contributed by atoms with Gasteiger partial charge in [-0.1, -0.05) is 73.6 Å². The minimum absolute atomic E-state index is 0.429. The highest BCUT2D eigenvalue weighted by Gasteiger charge is 2.27. The number of nitrogens with zero attached hydrogens (tertiary/aromatic N) is 3. The summed E-state index contributed by atoms with van der Waals surface area (Å²) < 4.78 is 5.58. The van der Waals surface area contributed by atoms with Crippen molar-refractivity contribution >= 4 is 0 Å². The van der Waals surface area contributed by atoms with Gasteiger partial charge < -0.3 is 9.42 Å². The molecule has 2 heterocycles. The van der Waals surface area contributed by atoms with Crippen LogP contribution >= 0.6 is 0 Å². The molecule has 3 aromatic rings. The van der Waals surface area contributed by atoms with Crippen molar-refractivity contribution in [3.05, 3.63) is 71.9 Å². The van der Waals surface area contributed by atoms with Gasteiger partial charge in [0.25, 0.3) is 0 Å². The van der Waals surface area contributed by atoms with Crippen LogP contribution in [-0.2, 0) is 6.42 Å². The van der Waals surface area contributed by atoms with Crippen molar-refractivity contribution in [2.75, 3.05) is 13.1 Å². The monoisotopic (exact) mass is 389 g/mol. The van der Waals surface area contributed by atoms with E-state index in [0.717, 1.165) is 43.7 Å². The highest BCUT2D eigenvalue weighted by molar-refractivity contribution is 5.63. The quantitative estimate of drug-likeness (QED) is 0.520. The molecule has 1 aliphatic heterocycles. The van der Waals surface area contributed by atoms with Gasteiger partial charge in [0.2, 0.25) is 5.89 Å². The molecular weight excluding hydrogens is 358 g/mol. The largest absolute Gasteiger partial charge is 0.339 e. The van der Waals surface area contributed by atoms with Crippen molar-refractivity contribution in [2.24, 2.45) is 0 Å². The molecule has 1 aromatic heterocycles. The Balaban J connectivity index is 1.35. The molecule has 1 aliphatic rings. The van der Waals surface area contributed by atoms with E-state index in [2.05, 4.69) is 72.4 Å². The fraction of sp³-hybridized carbons (Fsp3) is 0.440. The average Bonchev–Trinajstić information content (AvgIpc) is 3.25. The maximum absolute atomic E-state index is 5.58. The summed E-state index contributed by atoms with van der Waals surface area (Å²) >= 11 is 0. The van der Waals surface area contributed by atoms with Crippen LogP contribution in [0.1, 0.15) is 62.7 Å². The predicted octanol–water partition coefficient (Wildman–Crippen LogP) is 5.70. The molecule has 0 bridgehead atoms. The molecule has 4 heteroatoms. The topological polar surface area (TPSA) is 42.2 Å². The Morgan fingerprint density at radius 2 is 1.59 bits per heavy atom. The molecular formula is C25H31N3O. The number of piperidine rings is 1. The van der Waals surface area contributed by atoms with Crippen molar-refractivity contribution in [1.29, 1.82) is 0 Å². The van der Waals surface area contributed by atoms with Crippen molar-refractivity contribution in [2.45, 2.75) is 57.9 Å². The molecule has 0 unspecified atom stereocenters. The first kappa shape index (κ1) is 19.8. The molecule has 0 amide bonds. The highest BCUT2D eigenvalue weighted by atomic mass is 16.5. The second-order valence-corrected chi connectivity index (χ2v) is 8.07. The lowest BCUT2D eigenvalue weighted by molar-refractivity contribution is 0.142. The zero-order valence-corrected chi connectivity index (χ0v) is 17.6. The van der Waals surface area contributed by atoms with Gasteiger partial charge >= 0.3 is 0 Å². The highest BCUT2D eigenvalue weighted by Crippen LogP contribution is 2.28. The summed E-state index contributed by atoms with van der Waals surface area (Å²) in [5.41, 5.74) is 3.66. The fourth-order valence-electron chi connectivity index (χ4n) is 4.45. The van der Waals surface area contributed by atoms with Crippen LogP contribution in [0.15, 0.2) is 59.1 Å². The van der Waals surface area contributed by atoms with Crippen LogP contribution in [0.5, 0.6) is 0 Å². The van der Waals surface area contributed by atoms with E-state index in [-0.39, 0.29) is 0 Å². The van der Waals surface area contributed by atoms with E-state index in [1.165, 1.54) is 29.5 Å². The van der Waals surface area contributed by atoms with Gasteiger partial charge in [0, 0.05) is 12.0 Å². The van der Waals surface area contributed by atoms with E-state index in [1.807, 2.05) is 6.07 Å². The first-order chi connectivity index (χ1) is 14.3. The van der Waals surface area contributed by atoms with Gasteiger partial charge in [0.1, 0.15) is 0 Å². The van der Waals surface area contributed by atoms with Crippen molar-refractivity contribution in [3.8, 4) is 11.1 Å². The number of benzene rings is 2. The smallest absolute Gasteiger partial charge is 0.231 e. The number of hydrogen-bond donors (Lipinski definition) is 0. The summed E-state index contributed by atoms with van der Waals surface area (Å²) in [5, 5.41) is 4.31. The Hall–Kier alpha value is -2.46. The SMILES string of the molecule is CCC(CC)N1CCC(c2noc(Cc3ccc(-c4ccccc4)cc3)n2)CC1. The first-order valence-electron chi connectivity index (χ1n) is 11.0. The Kier molecular flexibility index (Phi) is 6.40. The van der Waals surface area contributed by atoms with E-state index in [1.54, 1.807) is 0 Å². The van der Waals surface area contributed by atoms with E-state index in [0.29, 0.717) is 12.3 Å². The molecule has 1 saturated heterocycles. The van der Waals surface area contributed by atoms with Gasteiger partial charge in [0.05, 0.1) is 6.42 Å². The number of aromatic nitrogens is 2. The van der Waals surface area contributed by atoms with Gasteiger partial charge in [-0.05, 0) is 55.5 Å². The summed E-state index contributed by atoms with van der Waals surface area (Å²) in [6, 6.07) is 19.8. The second kappa shape index (κ2) is 9.36. The Bertz CT molecular complexity index is 876. The number of rotatable bonds is 7. The molecule has 2 aromatic carbocycles. The third-order valence-corrected chi connectivity index (χ3v) is 6.25. The third kappa shape index (κ3) is 4.76. The predicted molar refractivity (Wildman–Crippen MR) is 117 cm³/mol. The van der Waals surface area contributed by atoms with Crippen molar-refractivity contribution < 1.29 is 4.52 Å². The minimum Gasteiger partial charge on any atom is -0.339 e. The van der Waals surface area contributed by atoms with Crippen LogP contribution in [0.4, 0.5) is 0 Å². The van der Waals surface area contributed by atoms with Crippen molar-refractivity contribution in [3.63, 3.8) is 0 Å². The number of hydrogen-bond acceptors (Lipinski definition) is 4. The van der Waals surface area contributed by atoms with E-state index >= 15 is 0 Å². The fourth-order valence-corrected chi connectivity index (χ4v) is 4.45. The van der Waals surface area contributed by atoms with E-state index in [4.69, 9.17) is 9.51 Å². The summed E-state index contributed by atoms with van der Waals surface area (Å²) in [6.45, 7) is 6.86. The van der Waals surface area contributed by atoms with Crippen LogP contribution in [0.25, 0.3) is 11.1 Å². The molecule has 0 aliphatic carbocycles. The lowest BCUT2D eigenvalue weighted by Gasteiger charge is -2.36. The summed E-state index contributed by atoms with van der Waals surface area (Å²) in [4.78, 5) is 7.35. The zero-order valence-electron chi connectivity index (χ0n) is 17.6. The molecule has 0 N–H and O–H groups in total. The van der Waals surface area contributed by atoms with Crippen LogP contribution in [0.3, 0.4) is 0 Å². The Morgan fingerprint density at radius 1 is 0.931 bits per heavy atom. The van der Waals surface area contributed by atoms with Gasteiger partial charge in [0.15, 0.2) is 5.82 Å². The minimum atomic E-state index is 0.429. The summed E-state index contributed by atoms with van der Waals surface area (Å²) in [6.07, 6.45) is 5.41. The number of likely N-dealkylation sites (tertiary alicyclic amines) is 1. The van der Waals surface area contributed by atoms with Crippen LogP contribution in [-0.4, -0.2) is 34.2 Å². The molecule has 4 rings (SSSR count). The standard InChI is InChI=1S/C25H31N3O/c1-3-23(4-2)28-16-14-22(15-17-28)25-26-24(29-27-25)18-19-10-12-21(13-11-19)20-8-6-5-7-9-20/h5-13,22-23H,3-4,14-18H2,1-2H3. The van der Waals surface area contributed by atoms with E-state index < -0.39 is 0 Å². The molecule has 29 heavy (non-hydrogen) atoms. The van der Waals surface area contributed by atoms with Gasteiger partial charge in [-0.25, -0.2) is 0 Å². The maximum Gasteiger partial charge on any atom is 0.231 e. The van der Waals surface area contributed by atoms with Crippen LogP contribution in [0, 0.1) is 0 Å². The Morgan fingerprint density at radius 3 is 2.24 bits per heavy atom. The first-order valence-corrected chi connectivity index (χ1v) is 11.0. The maximum atomic E-state index is 5.58. The third-order valence-electron chi connectivity index (χ3n) is 6.25. The van der Waals surface area contributed by atoms with E-state index in [9.17, 15) is 0 Å². The van der Waals surface area contributed by atoms with Crippen LogP contribution in [0.2, 0.25) is 0 Å². The zero-order chi connectivity index (χ0) is 20.1. The van der Waals surface area contributed by atoms with Crippen LogP contribution < -0.4 is 0 Å². The Labute approximate surface area is 173 Å². The van der Waals surface area contributed by atoms with Gasteiger partial charge in [-0.3, -0.25) is 0 Å². The van der Waals surface area contributed by atoms with Crippen molar-refractivity contribution in [1.82, 2.24) is 15.0 Å². The molecule has 0 atom stereocenters. The van der Waals surface area contributed by atoms with Gasteiger partial charge in [-0.15, -0.1) is 0 Å². The molecule has 152 valence electrons. The molecule has 0 saturated carbocycles.